The summed E-state index contributed by atoms with van der Waals surface area (Å²) in [4.78, 5) is 48.1. The van der Waals surface area contributed by atoms with Gasteiger partial charge in [-0.05, 0) is 36.8 Å². The number of hydrogen-bond acceptors (Lipinski definition) is 6. The molecule has 2 saturated heterocycles. The fraction of sp³-hybridized carbons (Fsp3) is 0.467. The van der Waals surface area contributed by atoms with Crippen LogP contribution in [0.4, 0.5) is 35.9 Å². The Balaban J connectivity index is 0.000000250. The van der Waals surface area contributed by atoms with Crippen molar-refractivity contribution in [2.75, 3.05) is 13.1 Å². The second-order valence-electron chi connectivity index (χ2n) is 10.7. The third-order valence-corrected chi connectivity index (χ3v) is 7.58. The molecule has 46 heavy (non-hydrogen) atoms. The number of carboxylic acid groups (broad SMARTS) is 2. The summed E-state index contributed by atoms with van der Waals surface area (Å²) in [7, 11) is 0. The van der Waals surface area contributed by atoms with Crippen LogP contribution in [0.15, 0.2) is 60.7 Å². The number of halogens is 6. The summed E-state index contributed by atoms with van der Waals surface area (Å²) in [5.41, 5.74) is 1.41. The fourth-order valence-electron chi connectivity index (χ4n) is 5.04. The first-order valence-electron chi connectivity index (χ1n) is 14.1. The summed E-state index contributed by atoms with van der Waals surface area (Å²) in [5.74, 6) is -6.37. The summed E-state index contributed by atoms with van der Waals surface area (Å²) in [6, 6.07) is 14.4. The highest BCUT2D eigenvalue weighted by Crippen LogP contribution is 2.38. The smallest absolute Gasteiger partial charge is 0.410 e. The van der Waals surface area contributed by atoms with E-state index in [-0.39, 0.29) is 39.1 Å². The first-order valence-corrected chi connectivity index (χ1v) is 14.1. The van der Waals surface area contributed by atoms with E-state index in [0.717, 1.165) is 9.80 Å². The third kappa shape index (κ3) is 10.3. The van der Waals surface area contributed by atoms with Crippen molar-refractivity contribution in [3.63, 3.8) is 0 Å². The lowest BCUT2D eigenvalue weighted by molar-refractivity contribution is -0.192. The van der Waals surface area contributed by atoms with Crippen molar-refractivity contribution in [1.29, 1.82) is 0 Å². The lowest BCUT2D eigenvalue weighted by atomic mass is 9.90. The van der Waals surface area contributed by atoms with Gasteiger partial charge in [-0.2, -0.15) is 26.3 Å². The molecule has 4 rings (SSSR count). The van der Waals surface area contributed by atoms with Gasteiger partial charge in [-0.25, -0.2) is 19.2 Å². The first-order chi connectivity index (χ1) is 21.6. The number of carbonyl (C=O) groups is 4. The standard InChI is InChI=1S/2C15H16F3NO4/c2*16-15(17,18)11-6-7-19(12(8-11)13(20)21)14(22)23-9-10-4-2-1-3-5-10/h2*1-5,11-12H,6-9H2,(H,20,21)/t2*11-,12+/m10/s1. The number of amides is 2. The summed E-state index contributed by atoms with van der Waals surface area (Å²) in [5, 5.41) is 18.2. The van der Waals surface area contributed by atoms with Gasteiger partial charge in [0.1, 0.15) is 25.3 Å². The first kappa shape index (κ1) is 36.0. The number of piperidine rings is 2. The minimum Gasteiger partial charge on any atom is -0.480 e. The zero-order chi connectivity index (χ0) is 34.1. The van der Waals surface area contributed by atoms with Gasteiger partial charge in [0.25, 0.3) is 0 Å². The average Bonchev–Trinajstić information content (AvgIpc) is 3.02. The highest BCUT2D eigenvalue weighted by atomic mass is 19.4. The van der Waals surface area contributed by atoms with Crippen molar-refractivity contribution in [3.8, 4) is 0 Å². The van der Waals surface area contributed by atoms with E-state index in [0.29, 0.717) is 11.1 Å². The van der Waals surface area contributed by atoms with Crippen LogP contribution in [-0.2, 0) is 32.3 Å². The summed E-state index contributed by atoms with van der Waals surface area (Å²) < 4.78 is 86.5. The van der Waals surface area contributed by atoms with Crippen LogP contribution in [0.25, 0.3) is 0 Å². The van der Waals surface area contributed by atoms with Crippen LogP contribution < -0.4 is 0 Å². The summed E-state index contributed by atoms with van der Waals surface area (Å²) in [6.45, 7) is -0.722. The Kier molecular flexibility index (Phi) is 12.3. The molecule has 2 aromatic carbocycles. The zero-order valence-corrected chi connectivity index (χ0v) is 24.2. The molecule has 16 heteroatoms. The normalized spacial score (nSPS) is 21.8. The van der Waals surface area contributed by atoms with Gasteiger partial charge < -0.3 is 19.7 Å². The number of rotatable bonds is 6. The van der Waals surface area contributed by atoms with E-state index in [4.69, 9.17) is 19.7 Å². The molecule has 0 aromatic heterocycles. The molecular formula is C30H32F6N2O8. The van der Waals surface area contributed by atoms with Gasteiger partial charge in [-0.1, -0.05) is 60.7 Å². The third-order valence-electron chi connectivity index (χ3n) is 7.58. The van der Waals surface area contributed by atoms with Gasteiger partial charge in [0.05, 0.1) is 11.8 Å². The molecule has 252 valence electrons. The maximum Gasteiger partial charge on any atom is 0.410 e. The van der Waals surface area contributed by atoms with E-state index < -0.39 is 73.2 Å². The van der Waals surface area contributed by atoms with Crippen LogP contribution in [-0.4, -0.2) is 81.7 Å². The molecule has 2 aromatic rings. The SMILES string of the molecule is O=C(O)[C@@H]1C[C@H](C(F)(F)F)CCN1C(=O)OCc1ccccc1.O=C(O)[C@H]1C[C@@H](C(F)(F)F)CCN1C(=O)OCc1ccccc1. The highest BCUT2D eigenvalue weighted by Gasteiger charge is 2.49. The van der Waals surface area contributed by atoms with Gasteiger partial charge in [-0.15, -0.1) is 0 Å². The number of benzene rings is 2. The van der Waals surface area contributed by atoms with Crippen molar-refractivity contribution in [3.05, 3.63) is 71.8 Å². The van der Waals surface area contributed by atoms with E-state index in [1.165, 1.54) is 0 Å². The Morgan fingerprint density at radius 1 is 0.630 bits per heavy atom. The number of ether oxygens (including phenoxy) is 2. The molecule has 2 aliphatic rings. The molecule has 0 bridgehead atoms. The fourth-order valence-corrected chi connectivity index (χ4v) is 5.04. The number of aliphatic carboxylic acids is 2. The second-order valence-corrected chi connectivity index (χ2v) is 10.7. The molecule has 2 N–H and O–H groups in total. The number of carbonyl (C=O) groups excluding carboxylic acids is 2. The van der Waals surface area contributed by atoms with Crippen molar-refractivity contribution in [2.24, 2.45) is 11.8 Å². The molecule has 2 fully saturated rings. The van der Waals surface area contributed by atoms with Crippen LogP contribution >= 0.6 is 0 Å². The quantitative estimate of drug-likeness (QED) is 0.355. The largest absolute Gasteiger partial charge is 0.480 e. The molecule has 2 aliphatic heterocycles. The molecular weight excluding hydrogens is 630 g/mol. The zero-order valence-electron chi connectivity index (χ0n) is 24.2. The average molecular weight is 663 g/mol. The van der Waals surface area contributed by atoms with Crippen LogP contribution in [0.1, 0.15) is 36.8 Å². The van der Waals surface area contributed by atoms with Crippen molar-refractivity contribution in [1.82, 2.24) is 9.80 Å². The van der Waals surface area contributed by atoms with Crippen molar-refractivity contribution >= 4 is 24.1 Å². The minimum absolute atomic E-state index is 0.0643. The Hall–Kier alpha value is -4.50. The Morgan fingerprint density at radius 3 is 1.24 bits per heavy atom. The number of hydrogen-bond donors (Lipinski definition) is 2. The minimum atomic E-state index is -4.46. The number of likely N-dealkylation sites (tertiary alicyclic amines) is 2. The molecule has 2 amide bonds. The predicted octanol–water partition coefficient (Wildman–Crippen LogP) is 6.10. The Labute approximate surface area is 259 Å². The molecule has 0 spiro atoms. The molecule has 2 heterocycles. The molecule has 4 atom stereocenters. The number of nitrogens with zero attached hydrogens (tertiary/aromatic N) is 2. The van der Waals surface area contributed by atoms with Gasteiger partial charge in [-0.3, -0.25) is 9.80 Å². The highest BCUT2D eigenvalue weighted by molar-refractivity contribution is 5.81. The number of alkyl halides is 6. The maximum atomic E-state index is 12.7. The number of carboxylic acids is 2. The van der Waals surface area contributed by atoms with E-state index in [1.54, 1.807) is 60.7 Å². The molecule has 0 radical (unpaired) electrons. The van der Waals surface area contributed by atoms with E-state index in [2.05, 4.69) is 0 Å². The van der Waals surface area contributed by atoms with Crippen molar-refractivity contribution in [2.45, 2.75) is 63.3 Å². The lowest BCUT2D eigenvalue weighted by Gasteiger charge is -2.36. The Morgan fingerprint density at radius 2 is 0.957 bits per heavy atom. The van der Waals surface area contributed by atoms with E-state index in [1.807, 2.05) is 0 Å². The summed E-state index contributed by atoms with van der Waals surface area (Å²) in [6.07, 6.45) is -12.7. The van der Waals surface area contributed by atoms with Gasteiger partial charge in [0, 0.05) is 13.1 Å². The summed E-state index contributed by atoms with van der Waals surface area (Å²) >= 11 is 0. The van der Waals surface area contributed by atoms with E-state index in [9.17, 15) is 45.5 Å². The molecule has 0 unspecified atom stereocenters. The lowest BCUT2D eigenvalue weighted by Crippen LogP contribution is -2.52. The topological polar surface area (TPSA) is 134 Å². The maximum absolute atomic E-state index is 12.7. The van der Waals surface area contributed by atoms with Gasteiger partial charge >= 0.3 is 36.5 Å². The van der Waals surface area contributed by atoms with Gasteiger partial charge in [0.2, 0.25) is 0 Å². The molecule has 0 aliphatic carbocycles. The van der Waals surface area contributed by atoms with Crippen LogP contribution in [0, 0.1) is 11.8 Å². The predicted molar refractivity (Wildman–Crippen MR) is 147 cm³/mol. The van der Waals surface area contributed by atoms with Crippen LogP contribution in [0.5, 0.6) is 0 Å². The Bertz CT molecular complexity index is 1220. The van der Waals surface area contributed by atoms with Crippen molar-refractivity contribution < 1.29 is 65.2 Å². The molecule has 0 saturated carbocycles. The monoisotopic (exact) mass is 662 g/mol. The van der Waals surface area contributed by atoms with Crippen LogP contribution in [0.3, 0.4) is 0 Å². The van der Waals surface area contributed by atoms with Crippen LogP contribution in [0.2, 0.25) is 0 Å². The van der Waals surface area contributed by atoms with Gasteiger partial charge in [0.15, 0.2) is 0 Å². The van der Waals surface area contributed by atoms with E-state index >= 15 is 0 Å². The second kappa shape index (κ2) is 15.7. The molecule has 10 nitrogen and oxygen atoms in total.